The van der Waals surface area contributed by atoms with Crippen molar-refractivity contribution < 1.29 is 31.8 Å². The number of aliphatic hydroxyl groups is 1. The molecule has 0 aliphatic rings. The lowest BCUT2D eigenvalue weighted by Gasteiger charge is -2.25. The fourth-order valence-electron chi connectivity index (χ4n) is 1.83. The van der Waals surface area contributed by atoms with Crippen LogP contribution in [0.15, 0.2) is 12.1 Å². The Balaban J connectivity index is 3.25. The maximum Gasteiger partial charge on any atom is 0.456 e. The molecule has 108 valence electrons. The molecule has 7 heteroatoms. The number of benzene rings is 1. The lowest BCUT2D eigenvalue weighted by molar-refractivity contribution is -0.315. The van der Waals surface area contributed by atoms with Crippen LogP contribution < -0.4 is 4.74 Å². The summed E-state index contributed by atoms with van der Waals surface area (Å²) in [5.74, 6) is -4.83. The second kappa shape index (κ2) is 4.96. The number of halogens is 5. The Bertz CT molecular complexity index is 445. The quantitative estimate of drug-likeness (QED) is 0.860. The van der Waals surface area contributed by atoms with E-state index in [-0.39, 0.29) is 0 Å². The first-order chi connectivity index (χ1) is 8.52. The van der Waals surface area contributed by atoms with E-state index in [2.05, 4.69) is 0 Å². The lowest BCUT2D eigenvalue weighted by Crippen LogP contribution is -2.42. The lowest BCUT2D eigenvalue weighted by atomic mass is 9.98. The Kier molecular flexibility index (Phi) is 4.09. The molecule has 1 atom stereocenters. The van der Waals surface area contributed by atoms with Gasteiger partial charge in [-0.15, -0.1) is 0 Å². The van der Waals surface area contributed by atoms with Gasteiger partial charge in [-0.25, -0.2) is 0 Å². The molecule has 0 spiro atoms. The first-order valence-electron chi connectivity index (χ1n) is 5.30. The van der Waals surface area contributed by atoms with E-state index in [0.29, 0.717) is 16.9 Å². The van der Waals surface area contributed by atoms with E-state index in [9.17, 15) is 27.1 Å². The highest BCUT2D eigenvalue weighted by atomic mass is 19.4. The molecule has 0 radical (unpaired) electrons. The molecule has 0 aromatic heterocycles. The minimum Gasteiger partial charge on any atom is -0.496 e. The second-order valence-corrected chi connectivity index (χ2v) is 4.21. The van der Waals surface area contributed by atoms with Gasteiger partial charge in [-0.3, -0.25) is 0 Å². The topological polar surface area (TPSA) is 29.5 Å². The molecule has 1 aromatic rings. The predicted molar refractivity (Wildman–Crippen MR) is 58.4 cm³/mol. The number of aryl methyl sites for hydroxylation is 2. The molecule has 0 saturated carbocycles. The summed E-state index contributed by atoms with van der Waals surface area (Å²) in [4.78, 5) is 0. The first-order valence-corrected chi connectivity index (χ1v) is 5.30. The van der Waals surface area contributed by atoms with Crippen molar-refractivity contribution >= 4 is 0 Å². The van der Waals surface area contributed by atoms with E-state index < -0.39 is 23.8 Å². The van der Waals surface area contributed by atoms with Crippen LogP contribution in [0.3, 0.4) is 0 Å². The zero-order valence-corrected chi connectivity index (χ0v) is 10.5. The average molecular weight is 284 g/mol. The fourth-order valence-corrected chi connectivity index (χ4v) is 1.83. The number of ether oxygens (including phenoxy) is 1. The number of alkyl halides is 5. The monoisotopic (exact) mass is 284 g/mol. The molecule has 2 nitrogen and oxygen atoms in total. The number of hydrogen-bond acceptors (Lipinski definition) is 2. The van der Waals surface area contributed by atoms with Gasteiger partial charge in [0.25, 0.3) is 0 Å². The molecule has 0 aliphatic heterocycles. The van der Waals surface area contributed by atoms with Crippen molar-refractivity contribution in [3.05, 3.63) is 28.8 Å². The van der Waals surface area contributed by atoms with E-state index in [0.717, 1.165) is 12.1 Å². The van der Waals surface area contributed by atoms with Gasteiger partial charge < -0.3 is 9.84 Å². The third-order valence-electron chi connectivity index (χ3n) is 2.72. The summed E-state index contributed by atoms with van der Waals surface area (Å²) < 4.78 is 67.6. The number of aliphatic hydroxyl groups excluding tert-OH is 1. The van der Waals surface area contributed by atoms with Gasteiger partial charge >= 0.3 is 12.1 Å². The van der Waals surface area contributed by atoms with Gasteiger partial charge in [0.15, 0.2) is 6.10 Å². The molecular formula is C12H13F5O2. The van der Waals surface area contributed by atoms with E-state index in [4.69, 9.17) is 4.74 Å². The van der Waals surface area contributed by atoms with Crippen LogP contribution in [0, 0.1) is 13.8 Å². The van der Waals surface area contributed by atoms with Crippen LogP contribution in [0.5, 0.6) is 5.75 Å². The van der Waals surface area contributed by atoms with Crippen molar-refractivity contribution in [2.24, 2.45) is 0 Å². The third kappa shape index (κ3) is 2.80. The Labute approximate surface area is 106 Å². The summed E-state index contributed by atoms with van der Waals surface area (Å²) in [6, 6.07) is 2.10. The summed E-state index contributed by atoms with van der Waals surface area (Å²) in [7, 11) is 1.36. The van der Waals surface area contributed by atoms with E-state index in [1.807, 2.05) is 0 Å². The Morgan fingerprint density at radius 1 is 1.05 bits per heavy atom. The maximum atomic E-state index is 13.0. The zero-order chi connectivity index (χ0) is 15.0. The molecule has 1 N–H and O–H groups in total. The average Bonchev–Trinajstić information content (AvgIpc) is 2.25. The van der Waals surface area contributed by atoms with Gasteiger partial charge in [-0.2, -0.15) is 22.0 Å². The molecule has 1 unspecified atom stereocenters. The molecule has 0 saturated heterocycles. The largest absolute Gasteiger partial charge is 0.496 e. The van der Waals surface area contributed by atoms with Crippen LogP contribution in [0.2, 0.25) is 0 Å². The maximum absolute atomic E-state index is 13.0. The number of methoxy groups -OCH3 is 1. The fraction of sp³-hybridized carbons (Fsp3) is 0.500. The summed E-state index contributed by atoms with van der Waals surface area (Å²) in [5.41, 5.74) is 0.238. The van der Waals surface area contributed by atoms with Crippen molar-refractivity contribution in [1.29, 1.82) is 0 Å². The van der Waals surface area contributed by atoms with Crippen LogP contribution in [-0.4, -0.2) is 24.3 Å². The summed E-state index contributed by atoms with van der Waals surface area (Å²) in [6.07, 6.45) is -8.76. The van der Waals surface area contributed by atoms with E-state index in [1.165, 1.54) is 21.0 Å². The number of hydrogen-bond donors (Lipinski definition) is 1. The van der Waals surface area contributed by atoms with Gasteiger partial charge in [0, 0.05) is 0 Å². The normalized spacial score (nSPS) is 14.4. The number of rotatable bonds is 3. The van der Waals surface area contributed by atoms with Crippen LogP contribution in [0.25, 0.3) is 0 Å². The Morgan fingerprint density at radius 3 is 1.79 bits per heavy atom. The van der Waals surface area contributed by atoms with Crippen LogP contribution in [0.4, 0.5) is 22.0 Å². The van der Waals surface area contributed by atoms with Crippen LogP contribution in [0.1, 0.15) is 22.8 Å². The predicted octanol–water partition coefficient (Wildman–Crippen LogP) is 3.54. The van der Waals surface area contributed by atoms with Gasteiger partial charge in [0.1, 0.15) is 5.75 Å². The summed E-state index contributed by atoms with van der Waals surface area (Å²) in [6.45, 7) is 2.99. The molecule has 19 heavy (non-hydrogen) atoms. The summed E-state index contributed by atoms with van der Waals surface area (Å²) >= 11 is 0. The van der Waals surface area contributed by atoms with Gasteiger partial charge in [0.2, 0.25) is 0 Å². The van der Waals surface area contributed by atoms with Crippen LogP contribution in [-0.2, 0) is 0 Å². The van der Waals surface area contributed by atoms with Crippen molar-refractivity contribution in [3.8, 4) is 5.75 Å². The van der Waals surface area contributed by atoms with Gasteiger partial charge in [-0.1, -0.05) is 0 Å². The molecule has 0 amide bonds. The third-order valence-corrected chi connectivity index (χ3v) is 2.72. The zero-order valence-electron chi connectivity index (χ0n) is 10.5. The van der Waals surface area contributed by atoms with Crippen molar-refractivity contribution in [2.75, 3.05) is 7.11 Å². The van der Waals surface area contributed by atoms with E-state index >= 15 is 0 Å². The molecular weight excluding hydrogens is 271 g/mol. The minimum atomic E-state index is -5.81. The highest BCUT2D eigenvalue weighted by Crippen LogP contribution is 2.45. The van der Waals surface area contributed by atoms with Gasteiger partial charge in [0.05, 0.1) is 7.11 Å². The highest BCUT2D eigenvalue weighted by Gasteiger charge is 2.62. The molecule has 0 heterocycles. The standard InChI is InChI=1S/C12H13F5O2/c1-6-4-8(5-7(2)9(6)19-3)10(18)11(13,14)12(15,16)17/h4-5,10,18H,1-3H3. The molecule has 0 bridgehead atoms. The van der Waals surface area contributed by atoms with Gasteiger partial charge in [-0.05, 0) is 42.7 Å². The molecule has 1 aromatic carbocycles. The van der Waals surface area contributed by atoms with E-state index in [1.54, 1.807) is 0 Å². The smallest absolute Gasteiger partial charge is 0.456 e. The van der Waals surface area contributed by atoms with Crippen molar-refractivity contribution in [2.45, 2.75) is 32.1 Å². The first kappa shape index (κ1) is 15.7. The molecule has 0 fully saturated rings. The highest BCUT2D eigenvalue weighted by molar-refractivity contribution is 5.44. The SMILES string of the molecule is COc1c(C)cc(C(O)C(F)(F)C(F)(F)F)cc1C. The van der Waals surface area contributed by atoms with Crippen LogP contribution >= 0.6 is 0 Å². The Morgan fingerprint density at radius 2 is 1.47 bits per heavy atom. The minimum absolute atomic E-state index is 0.370. The summed E-state index contributed by atoms with van der Waals surface area (Å²) in [5, 5.41) is 9.29. The molecule has 0 aliphatic carbocycles. The second-order valence-electron chi connectivity index (χ2n) is 4.21. The van der Waals surface area contributed by atoms with Crippen molar-refractivity contribution in [3.63, 3.8) is 0 Å². The molecule has 1 rings (SSSR count). The van der Waals surface area contributed by atoms with Crippen molar-refractivity contribution in [1.82, 2.24) is 0 Å². The Hall–Kier alpha value is -1.37.